The number of aryl methyl sites for hydroxylation is 1. The molecule has 0 saturated carbocycles. The van der Waals surface area contributed by atoms with Gasteiger partial charge in [-0.3, -0.25) is 4.79 Å². The van der Waals surface area contributed by atoms with Crippen LogP contribution in [0.25, 0.3) is 0 Å². The van der Waals surface area contributed by atoms with E-state index in [4.69, 9.17) is 4.74 Å². The van der Waals surface area contributed by atoms with Gasteiger partial charge in [0.15, 0.2) is 0 Å². The molecule has 17 heavy (non-hydrogen) atoms. The molecule has 1 aliphatic heterocycles. The highest BCUT2D eigenvalue weighted by Gasteiger charge is 2.17. The summed E-state index contributed by atoms with van der Waals surface area (Å²) in [6, 6.07) is 10.2. The second-order valence-corrected chi connectivity index (χ2v) is 4.72. The minimum absolute atomic E-state index is 0.187. The van der Waals surface area contributed by atoms with Gasteiger partial charge in [-0.05, 0) is 31.2 Å². The first-order valence-corrected chi connectivity index (χ1v) is 6.52. The van der Waals surface area contributed by atoms with Crippen LogP contribution in [0.15, 0.2) is 30.3 Å². The summed E-state index contributed by atoms with van der Waals surface area (Å²) in [6.07, 6.45) is 5.69. The molecule has 2 rings (SSSR count). The second kappa shape index (κ2) is 6.55. The van der Waals surface area contributed by atoms with Gasteiger partial charge >= 0.3 is 0 Å². The van der Waals surface area contributed by atoms with Crippen molar-refractivity contribution in [3.63, 3.8) is 0 Å². The Morgan fingerprint density at radius 3 is 2.76 bits per heavy atom. The van der Waals surface area contributed by atoms with Crippen molar-refractivity contribution in [1.82, 2.24) is 0 Å². The summed E-state index contributed by atoms with van der Waals surface area (Å²) in [5, 5.41) is 0. The van der Waals surface area contributed by atoms with Crippen LogP contribution in [0, 0.1) is 0 Å². The Hall–Kier alpha value is -1.15. The van der Waals surface area contributed by atoms with Crippen molar-refractivity contribution >= 4 is 5.78 Å². The third kappa shape index (κ3) is 4.31. The smallest absolute Gasteiger partial charge is 0.135 e. The average Bonchev–Trinajstić information content (AvgIpc) is 2.39. The van der Waals surface area contributed by atoms with Crippen LogP contribution < -0.4 is 0 Å². The first-order chi connectivity index (χ1) is 8.34. The Labute approximate surface area is 103 Å². The molecule has 0 N–H and O–H groups in total. The summed E-state index contributed by atoms with van der Waals surface area (Å²) in [4.78, 5) is 11.8. The fraction of sp³-hybridized carbons (Fsp3) is 0.533. The maximum atomic E-state index is 11.8. The summed E-state index contributed by atoms with van der Waals surface area (Å²) in [6.45, 7) is 0.830. The number of carbonyl (C=O) groups is 1. The van der Waals surface area contributed by atoms with E-state index < -0.39 is 0 Å². The highest BCUT2D eigenvalue weighted by Crippen LogP contribution is 2.17. The van der Waals surface area contributed by atoms with Crippen molar-refractivity contribution in [3.8, 4) is 0 Å². The van der Waals surface area contributed by atoms with Gasteiger partial charge in [-0.1, -0.05) is 30.3 Å². The molecule has 1 fully saturated rings. The Kier molecular flexibility index (Phi) is 4.75. The molecule has 0 amide bonds. The number of hydrogen-bond donors (Lipinski definition) is 0. The Morgan fingerprint density at radius 2 is 2.06 bits per heavy atom. The highest BCUT2D eigenvalue weighted by atomic mass is 16.5. The summed E-state index contributed by atoms with van der Waals surface area (Å²) >= 11 is 0. The monoisotopic (exact) mass is 232 g/mol. The van der Waals surface area contributed by atoms with E-state index in [0.717, 1.165) is 25.9 Å². The van der Waals surface area contributed by atoms with Gasteiger partial charge in [0.2, 0.25) is 0 Å². The standard InChI is InChI=1S/C15H20O2/c16-14(12-15-8-4-5-11-17-15)10-9-13-6-2-1-3-7-13/h1-3,6-7,15H,4-5,8-12H2. The highest BCUT2D eigenvalue weighted by molar-refractivity contribution is 5.79. The number of carbonyl (C=O) groups excluding carboxylic acids is 1. The van der Waals surface area contributed by atoms with Gasteiger partial charge < -0.3 is 4.74 Å². The van der Waals surface area contributed by atoms with Crippen LogP contribution in [-0.2, 0) is 16.0 Å². The first kappa shape index (κ1) is 12.3. The van der Waals surface area contributed by atoms with Crippen molar-refractivity contribution in [2.75, 3.05) is 6.61 Å². The number of ketones is 1. The molecule has 0 aliphatic carbocycles. The van der Waals surface area contributed by atoms with Crippen LogP contribution in [0.4, 0.5) is 0 Å². The predicted octanol–water partition coefficient (Wildman–Crippen LogP) is 3.15. The summed E-state index contributed by atoms with van der Waals surface area (Å²) in [7, 11) is 0. The lowest BCUT2D eigenvalue weighted by molar-refractivity contribution is -0.122. The second-order valence-electron chi connectivity index (χ2n) is 4.72. The number of rotatable bonds is 5. The molecule has 0 aromatic heterocycles. The van der Waals surface area contributed by atoms with E-state index in [1.807, 2.05) is 18.2 Å². The normalized spacial score (nSPS) is 20.1. The molecule has 1 saturated heterocycles. The van der Waals surface area contributed by atoms with Gasteiger partial charge in [0, 0.05) is 19.4 Å². The molecule has 0 bridgehead atoms. The maximum absolute atomic E-state index is 11.8. The van der Waals surface area contributed by atoms with Crippen LogP contribution in [-0.4, -0.2) is 18.5 Å². The molecule has 92 valence electrons. The molecule has 2 heteroatoms. The largest absolute Gasteiger partial charge is 0.378 e. The fourth-order valence-corrected chi connectivity index (χ4v) is 2.25. The molecule has 1 atom stereocenters. The molecule has 1 aromatic rings. The van der Waals surface area contributed by atoms with Gasteiger partial charge in [-0.25, -0.2) is 0 Å². The number of hydrogen-bond acceptors (Lipinski definition) is 2. The first-order valence-electron chi connectivity index (χ1n) is 6.52. The van der Waals surface area contributed by atoms with Crippen LogP contribution in [0.1, 0.15) is 37.7 Å². The molecule has 1 aromatic carbocycles. The van der Waals surface area contributed by atoms with E-state index in [-0.39, 0.29) is 6.10 Å². The molecule has 1 aliphatic rings. The van der Waals surface area contributed by atoms with Crippen molar-refractivity contribution in [2.24, 2.45) is 0 Å². The maximum Gasteiger partial charge on any atom is 0.135 e. The lowest BCUT2D eigenvalue weighted by Crippen LogP contribution is -2.22. The van der Waals surface area contributed by atoms with Crippen molar-refractivity contribution in [3.05, 3.63) is 35.9 Å². The predicted molar refractivity (Wildman–Crippen MR) is 68.0 cm³/mol. The van der Waals surface area contributed by atoms with Gasteiger partial charge in [0.1, 0.15) is 5.78 Å². The van der Waals surface area contributed by atoms with Crippen molar-refractivity contribution < 1.29 is 9.53 Å². The zero-order valence-electron chi connectivity index (χ0n) is 10.2. The fourth-order valence-electron chi connectivity index (χ4n) is 2.25. The van der Waals surface area contributed by atoms with Gasteiger partial charge in [0.05, 0.1) is 6.10 Å². The number of ether oxygens (including phenoxy) is 1. The molecule has 0 spiro atoms. The van der Waals surface area contributed by atoms with E-state index in [2.05, 4.69) is 12.1 Å². The van der Waals surface area contributed by atoms with E-state index >= 15 is 0 Å². The molecule has 1 unspecified atom stereocenters. The van der Waals surface area contributed by atoms with Gasteiger partial charge in [-0.2, -0.15) is 0 Å². The lowest BCUT2D eigenvalue weighted by atomic mass is 10.0. The van der Waals surface area contributed by atoms with Crippen molar-refractivity contribution in [2.45, 2.75) is 44.6 Å². The number of Topliss-reactive ketones (excluding diaryl/α,β-unsaturated/α-hetero) is 1. The SMILES string of the molecule is O=C(CCc1ccccc1)CC1CCCCO1. The van der Waals surface area contributed by atoms with Crippen LogP contribution in [0.3, 0.4) is 0 Å². The quantitative estimate of drug-likeness (QED) is 0.779. The van der Waals surface area contributed by atoms with E-state index in [1.165, 1.54) is 12.0 Å². The topological polar surface area (TPSA) is 26.3 Å². The Bertz CT molecular complexity index is 339. The van der Waals surface area contributed by atoms with E-state index in [1.54, 1.807) is 0 Å². The molecule has 2 nitrogen and oxygen atoms in total. The Morgan fingerprint density at radius 1 is 1.24 bits per heavy atom. The van der Waals surface area contributed by atoms with Crippen LogP contribution in [0.5, 0.6) is 0 Å². The Balaban J connectivity index is 1.70. The summed E-state index contributed by atoms with van der Waals surface area (Å²) in [5.41, 5.74) is 1.24. The molecule has 0 radical (unpaired) electrons. The minimum Gasteiger partial charge on any atom is -0.378 e. The minimum atomic E-state index is 0.187. The van der Waals surface area contributed by atoms with E-state index in [0.29, 0.717) is 18.6 Å². The summed E-state index contributed by atoms with van der Waals surface area (Å²) in [5.74, 6) is 0.334. The molecule has 1 heterocycles. The number of benzene rings is 1. The van der Waals surface area contributed by atoms with Crippen LogP contribution >= 0.6 is 0 Å². The molecular weight excluding hydrogens is 212 g/mol. The van der Waals surface area contributed by atoms with Gasteiger partial charge in [-0.15, -0.1) is 0 Å². The van der Waals surface area contributed by atoms with E-state index in [9.17, 15) is 4.79 Å². The average molecular weight is 232 g/mol. The lowest BCUT2D eigenvalue weighted by Gasteiger charge is -2.21. The third-order valence-electron chi connectivity index (χ3n) is 3.26. The van der Waals surface area contributed by atoms with Crippen LogP contribution in [0.2, 0.25) is 0 Å². The zero-order chi connectivity index (χ0) is 11.9. The third-order valence-corrected chi connectivity index (χ3v) is 3.26. The zero-order valence-corrected chi connectivity index (χ0v) is 10.2. The van der Waals surface area contributed by atoms with Crippen molar-refractivity contribution in [1.29, 1.82) is 0 Å². The molecular formula is C15H20O2. The van der Waals surface area contributed by atoms with Gasteiger partial charge in [0.25, 0.3) is 0 Å². The summed E-state index contributed by atoms with van der Waals surface area (Å²) < 4.78 is 5.58.